The van der Waals surface area contributed by atoms with Crippen LogP contribution in [0, 0.1) is 0 Å². The molecule has 0 saturated heterocycles. The number of H-pyrrole nitrogens is 1. The number of rotatable bonds is 3. The van der Waals surface area contributed by atoms with Crippen molar-refractivity contribution in [2.45, 2.75) is 0 Å². The molecule has 6 nitrogen and oxygen atoms in total. The zero-order valence-corrected chi connectivity index (χ0v) is 13.1. The molecule has 0 spiro atoms. The van der Waals surface area contributed by atoms with Gasteiger partial charge in [0.1, 0.15) is 5.69 Å². The van der Waals surface area contributed by atoms with E-state index in [-0.39, 0.29) is 5.91 Å². The highest BCUT2D eigenvalue weighted by Crippen LogP contribution is 2.21. The summed E-state index contributed by atoms with van der Waals surface area (Å²) in [6, 6.07) is 8.47. The Hall–Kier alpha value is -2.25. The summed E-state index contributed by atoms with van der Waals surface area (Å²) < 4.78 is 23.8. The standard InChI is InChI=1S/C14H12ClN3O3S/c1-22(20,21)18-5-4-11(8-18)16-14(19)13-7-9-6-10(15)2-3-12(9)17-13/h2-8,17H,1H3,(H,16,19). The summed E-state index contributed by atoms with van der Waals surface area (Å²) in [4.78, 5) is 15.2. The molecule has 0 radical (unpaired) electrons. The minimum atomic E-state index is -3.36. The molecule has 3 rings (SSSR count). The van der Waals surface area contributed by atoms with Crippen LogP contribution in [0.25, 0.3) is 10.9 Å². The number of halogens is 1. The van der Waals surface area contributed by atoms with Crippen LogP contribution in [-0.2, 0) is 10.0 Å². The van der Waals surface area contributed by atoms with E-state index in [4.69, 9.17) is 11.6 Å². The van der Waals surface area contributed by atoms with E-state index < -0.39 is 10.0 Å². The Kier molecular flexibility index (Phi) is 3.46. The lowest BCUT2D eigenvalue weighted by molar-refractivity contribution is 0.102. The molecule has 0 aliphatic carbocycles. The topological polar surface area (TPSA) is 84.0 Å². The van der Waals surface area contributed by atoms with E-state index >= 15 is 0 Å². The fraction of sp³-hybridized carbons (Fsp3) is 0.0714. The maximum absolute atomic E-state index is 12.2. The number of hydrogen-bond acceptors (Lipinski definition) is 3. The van der Waals surface area contributed by atoms with E-state index in [0.29, 0.717) is 16.4 Å². The Bertz CT molecular complexity index is 972. The second-order valence-corrected chi connectivity index (χ2v) is 7.19. The normalized spacial score (nSPS) is 11.7. The van der Waals surface area contributed by atoms with Crippen LogP contribution in [0.3, 0.4) is 0 Å². The molecule has 0 fully saturated rings. The lowest BCUT2D eigenvalue weighted by Gasteiger charge is -2.00. The fourth-order valence-electron chi connectivity index (χ4n) is 2.08. The second-order valence-electron chi connectivity index (χ2n) is 4.86. The molecule has 114 valence electrons. The minimum absolute atomic E-state index is 0.362. The van der Waals surface area contributed by atoms with Crippen LogP contribution in [0.5, 0.6) is 0 Å². The van der Waals surface area contributed by atoms with Crippen LogP contribution in [0.1, 0.15) is 10.5 Å². The number of carbonyl (C=O) groups is 1. The highest BCUT2D eigenvalue weighted by molar-refractivity contribution is 7.89. The highest BCUT2D eigenvalue weighted by Gasteiger charge is 2.12. The van der Waals surface area contributed by atoms with Gasteiger partial charge in [0.05, 0.1) is 11.9 Å². The van der Waals surface area contributed by atoms with Crippen molar-refractivity contribution in [3.05, 3.63) is 53.4 Å². The van der Waals surface area contributed by atoms with E-state index in [2.05, 4.69) is 10.3 Å². The van der Waals surface area contributed by atoms with Gasteiger partial charge >= 0.3 is 0 Å². The van der Waals surface area contributed by atoms with Gasteiger partial charge in [-0.25, -0.2) is 8.42 Å². The lowest BCUT2D eigenvalue weighted by Crippen LogP contribution is -2.12. The summed E-state index contributed by atoms with van der Waals surface area (Å²) >= 11 is 5.91. The van der Waals surface area contributed by atoms with Crippen molar-refractivity contribution in [1.82, 2.24) is 8.96 Å². The van der Waals surface area contributed by atoms with E-state index in [9.17, 15) is 13.2 Å². The number of benzene rings is 1. The van der Waals surface area contributed by atoms with Crippen LogP contribution in [0.2, 0.25) is 5.02 Å². The van der Waals surface area contributed by atoms with E-state index in [0.717, 1.165) is 21.1 Å². The van der Waals surface area contributed by atoms with Gasteiger partial charge in [-0.05, 0) is 30.3 Å². The smallest absolute Gasteiger partial charge is 0.272 e. The predicted molar refractivity (Wildman–Crippen MR) is 85.9 cm³/mol. The summed E-state index contributed by atoms with van der Waals surface area (Å²) in [6.45, 7) is 0. The third kappa shape index (κ3) is 2.86. The average molecular weight is 338 g/mol. The molecule has 2 aromatic heterocycles. The summed E-state index contributed by atoms with van der Waals surface area (Å²) in [5.74, 6) is -0.362. The molecule has 22 heavy (non-hydrogen) atoms. The van der Waals surface area contributed by atoms with Crippen LogP contribution < -0.4 is 5.32 Å². The zero-order chi connectivity index (χ0) is 15.9. The van der Waals surface area contributed by atoms with E-state index in [1.807, 2.05) is 0 Å². The van der Waals surface area contributed by atoms with Crippen LogP contribution in [0.4, 0.5) is 5.69 Å². The molecule has 0 saturated carbocycles. The van der Waals surface area contributed by atoms with Crippen molar-refractivity contribution in [3.63, 3.8) is 0 Å². The molecule has 1 amide bonds. The van der Waals surface area contributed by atoms with Gasteiger partial charge in [0, 0.05) is 28.3 Å². The Balaban J connectivity index is 1.85. The Morgan fingerprint density at radius 3 is 2.73 bits per heavy atom. The molecule has 0 bridgehead atoms. The summed E-state index contributed by atoms with van der Waals surface area (Å²) in [7, 11) is -3.36. The molecule has 0 aliphatic heterocycles. The first-order valence-electron chi connectivity index (χ1n) is 6.31. The van der Waals surface area contributed by atoms with Crippen molar-refractivity contribution >= 4 is 44.1 Å². The lowest BCUT2D eigenvalue weighted by atomic mass is 10.2. The van der Waals surface area contributed by atoms with Gasteiger partial charge in [0.15, 0.2) is 0 Å². The number of aromatic nitrogens is 2. The van der Waals surface area contributed by atoms with Crippen LogP contribution in [0.15, 0.2) is 42.7 Å². The van der Waals surface area contributed by atoms with Crippen molar-refractivity contribution < 1.29 is 13.2 Å². The molecule has 8 heteroatoms. The fourth-order valence-corrected chi connectivity index (χ4v) is 2.85. The first-order chi connectivity index (χ1) is 10.3. The number of carbonyl (C=O) groups excluding carboxylic acids is 1. The molecule has 0 aliphatic rings. The number of aromatic amines is 1. The quantitative estimate of drug-likeness (QED) is 0.770. The Morgan fingerprint density at radius 1 is 1.27 bits per heavy atom. The van der Waals surface area contributed by atoms with Crippen LogP contribution >= 0.6 is 11.6 Å². The van der Waals surface area contributed by atoms with Gasteiger partial charge in [-0.1, -0.05) is 11.6 Å². The van der Waals surface area contributed by atoms with E-state index in [1.165, 1.54) is 18.5 Å². The molecule has 3 aromatic rings. The van der Waals surface area contributed by atoms with Gasteiger partial charge in [-0.3, -0.25) is 8.77 Å². The maximum Gasteiger partial charge on any atom is 0.272 e. The zero-order valence-electron chi connectivity index (χ0n) is 11.5. The molecular weight excluding hydrogens is 326 g/mol. The second kappa shape index (κ2) is 5.19. The maximum atomic E-state index is 12.2. The SMILES string of the molecule is CS(=O)(=O)n1ccc(NC(=O)c2cc3cc(Cl)ccc3[nH]2)c1. The molecule has 2 heterocycles. The molecule has 0 unspecified atom stereocenters. The van der Waals surface area contributed by atoms with Crippen molar-refractivity contribution in [2.75, 3.05) is 11.6 Å². The largest absolute Gasteiger partial charge is 0.351 e. The monoisotopic (exact) mass is 337 g/mol. The number of anilines is 1. The van der Waals surface area contributed by atoms with Gasteiger partial charge in [0.2, 0.25) is 10.0 Å². The molecule has 1 aromatic carbocycles. The van der Waals surface area contributed by atoms with Gasteiger partial charge in [-0.15, -0.1) is 0 Å². The summed E-state index contributed by atoms with van der Waals surface area (Å²) in [5, 5.41) is 4.05. The van der Waals surface area contributed by atoms with Crippen molar-refractivity contribution in [3.8, 4) is 0 Å². The first-order valence-corrected chi connectivity index (χ1v) is 8.54. The van der Waals surface area contributed by atoms with Gasteiger partial charge in [-0.2, -0.15) is 0 Å². The molecule has 2 N–H and O–H groups in total. The number of hydrogen-bond donors (Lipinski definition) is 2. The number of fused-ring (bicyclic) bond motifs is 1. The van der Waals surface area contributed by atoms with Crippen molar-refractivity contribution in [1.29, 1.82) is 0 Å². The predicted octanol–water partition coefficient (Wildman–Crippen LogP) is 2.68. The van der Waals surface area contributed by atoms with Gasteiger partial charge < -0.3 is 10.3 Å². The summed E-state index contributed by atoms with van der Waals surface area (Å²) in [6.07, 6.45) is 3.79. The third-order valence-electron chi connectivity index (χ3n) is 3.14. The molecular formula is C14H12ClN3O3S. The summed E-state index contributed by atoms with van der Waals surface area (Å²) in [5.41, 5.74) is 1.56. The number of nitrogens with one attached hydrogen (secondary N) is 2. The average Bonchev–Trinajstić information content (AvgIpc) is 3.03. The van der Waals surface area contributed by atoms with Crippen LogP contribution in [-0.4, -0.2) is 29.5 Å². The number of nitrogens with zero attached hydrogens (tertiary/aromatic N) is 1. The highest BCUT2D eigenvalue weighted by atomic mass is 35.5. The minimum Gasteiger partial charge on any atom is -0.351 e. The third-order valence-corrected chi connectivity index (χ3v) is 4.36. The number of amides is 1. The first kappa shape index (κ1) is 14.7. The van der Waals surface area contributed by atoms with Gasteiger partial charge in [0.25, 0.3) is 5.91 Å². The Morgan fingerprint density at radius 2 is 2.05 bits per heavy atom. The van der Waals surface area contributed by atoms with Crippen molar-refractivity contribution in [2.24, 2.45) is 0 Å². The molecule has 0 atom stereocenters. The van der Waals surface area contributed by atoms with E-state index in [1.54, 1.807) is 24.3 Å². The Labute approximate surface area is 131 Å².